The minimum atomic E-state index is -0.0218. The van der Waals surface area contributed by atoms with E-state index >= 15 is 0 Å². The van der Waals surface area contributed by atoms with Crippen LogP contribution in [-0.2, 0) is 0 Å². The predicted octanol–water partition coefficient (Wildman–Crippen LogP) is 2.66. The van der Waals surface area contributed by atoms with Crippen LogP contribution in [0.1, 0.15) is 17.4 Å². The molecule has 0 amide bonds. The second-order valence-corrected chi connectivity index (χ2v) is 4.08. The van der Waals surface area contributed by atoms with Crippen LogP contribution in [-0.4, -0.2) is 15.1 Å². The van der Waals surface area contributed by atoms with Crippen molar-refractivity contribution in [3.8, 4) is 0 Å². The van der Waals surface area contributed by atoms with Crippen LogP contribution in [0, 0.1) is 0 Å². The lowest BCUT2D eigenvalue weighted by Crippen LogP contribution is -1.94. The first-order valence-corrected chi connectivity index (χ1v) is 5.18. The maximum absolute atomic E-state index is 11.0. The van der Waals surface area contributed by atoms with Crippen LogP contribution >= 0.6 is 27.5 Å². The highest BCUT2D eigenvalue weighted by atomic mass is 79.9. The van der Waals surface area contributed by atoms with Crippen molar-refractivity contribution in [2.45, 2.75) is 6.92 Å². The Labute approximate surface area is 87.1 Å². The summed E-state index contributed by atoms with van der Waals surface area (Å²) in [4.78, 5) is 16.0. The zero-order valence-electron chi connectivity index (χ0n) is 6.74. The molecule has 0 aliphatic carbocycles. The zero-order chi connectivity index (χ0) is 9.42. The number of rotatable bonds is 1. The summed E-state index contributed by atoms with van der Waals surface area (Å²) in [6.45, 7) is 1.50. The molecule has 2 heterocycles. The van der Waals surface area contributed by atoms with Gasteiger partial charge in [0.25, 0.3) is 0 Å². The average molecular weight is 257 g/mol. The van der Waals surface area contributed by atoms with Gasteiger partial charge in [-0.05, 0) is 39.6 Å². The first kappa shape index (κ1) is 8.77. The van der Waals surface area contributed by atoms with Crippen molar-refractivity contribution >= 4 is 43.5 Å². The van der Waals surface area contributed by atoms with Gasteiger partial charge in [0.2, 0.25) is 0 Å². The van der Waals surface area contributed by atoms with Crippen LogP contribution in [0.15, 0.2) is 16.7 Å². The first-order chi connectivity index (χ1) is 6.18. The highest BCUT2D eigenvalue weighted by Crippen LogP contribution is 2.25. The van der Waals surface area contributed by atoms with Crippen molar-refractivity contribution < 1.29 is 4.79 Å². The summed E-state index contributed by atoms with van der Waals surface area (Å²) in [6, 6.07) is 3.57. The van der Waals surface area contributed by atoms with E-state index in [2.05, 4.69) is 25.3 Å². The zero-order valence-corrected chi connectivity index (χ0v) is 9.15. The summed E-state index contributed by atoms with van der Waals surface area (Å²) in [5.41, 5.74) is 0.489. The largest absolute Gasteiger partial charge is 0.293 e. The molecule has 3 nitrogen and oxygen atoms in total. The topological polar surface area (TPSA) is 42.9 Å². The second-order valence-electron chi connectivity index (χ2n) is 2.58. The number of pyridine rings is 1. The maximum atomic E-state index is 11.0. The monoisotopic (exact) mass is 256 g/mol. The van der Waals surface area contributed by atoms with E-state index in [-0.39, 0.29) is 5.78 Å². The van der Waals surface area contributed by atoms with Gasteiger partial charge in [-0.25, -0.2) is 4.98 Å². The van der Waals surface area contributed by atoms with Crippen LogP contribution in [0.2, 0.25) is 0 Å². The summed E-state index contributed by atoms with van der Waals surface area (Å²) in [6.07, 6.45) is 0. The summed E-state index contributed by atoms with van der Waals surface area (Å²) in [5.74, 6) is -0.0218. The molecular weight excluding hydrogens is 252 g/mol. The Balaban J connectivity index is 2.70. The quantitative estimate of drug-likeness (QED) is 0.737. The third-order valence-electron chi connectivity index (χ3n) is 1.66. The van der Waals surface area contributed by atoms with Crippen molar-refractivity contribution in [3.63, 3.8) is 0 Å². The smallest absolute Gasteiger partial charge is 0.178 e. The Bertz CT molecular complexity index is 480. The standard InChI is InChI=1S/C8H5BrN2OS/c1-4(12)6-3-2-5-7(9)11-13-8(5)10-6/h2-3H,1H3. The van der Waals surface area contributed by atoms with E-state index in [4.69, 9.17) is 0 Å². The number of carbonyl (C=O) groups excluding carboxylic acids is 1. The summed E-state index contributed by atoms with van der Waals surface area (Å²) < 4.78 is 4.87. The molecule has 0 fully saturated rings. The van der Waals surface area contributed by atoms with Crippen molar-refractivity contribution in [2.75, 3.05) is 0 Å². The fourth-order valence-electron chi connectivity index (χ4n) is 0.996. The van der Waals surface area contributed by atoms with Gasteiger partial charge < -0.3 is 0 Å². The number of ketones is 1. The molecule has 0 radical (unpaired) electrons. The molecule has 2 aromatic heterocycles. The molecule has 13 heavy (non-hydrogen) atoms. The van der Waals surface area contributed by atoms with E-state index in [9.17, 15) is 4.79 Å². The van der Waals surface area contributed by atoms with E-state index in [0.29, 0.717) is 5.69 Å². The van der Waals surface area contributed by atoms with Gasteiger partial charge in [-0.15, -0.1) is 0 Å². The molecule has 0 unspecified atom stereocenters. The molecular formula is C8H5BrN2OS. The predicted molar refractivity (Wildman–Crippen MR) is 55.1 cm³/mol. The highest BCUT2D eigenvalue weighted by molar-refractivity contribution is 9.10. The number of hydrogen-bond acceptors (Lipinski definition) is 4. The fourth-order valence-corrected chi connectivity index (χ4v) is 2.33. The van der Waals surface area contributed by atoms with Gasteiger partial charge >= 0.3 is 0 Å². The van der Waals surface area contributed by atoms with Crippen LogP contribution in [0.25, 0.3) is 10.2 Å². The fraction of sp³-hybridized carbons (Fsp3) is 0.125. The van der Waals surface area contributed by atoms with E-state index < -0.39 is 0 Å². The van der Waals surface area contributed by atoms with E-state index in [1.54, 1.807) is 6.07 Å². The lowest BCUT2D eigenvalue weighted by Gasteiger charge is -1.93. The second kappa shape index (κ2) is 3.16. The molecule has 2 aromatic rings. The van der Waals surface area contributed by atoms with Gasteiger partial charge in [-0.1, -0.05) is 0 Å². The Kier molecular flexibility index (Phi) is 2.13. The number of halogens is 1. The molecule has 0 saturated heterocycles. The van der Waals surface area contributed by atoms with E-state index in [0.717, 1.165) is 14.8 Å². The van der Waals surface area contributed by atoms with Crippen molar-refractivity contribution in [1.29, 1.82) is 0 Å². The van der Waals surface area contributed by atoms with Crippen molar-refractivity contribution in [1.82, 2.24) is 9.36 Å². The van der Waals surface area contributed by atoms with Gasteiger partial charge in [0.1, 0.15) is 15.1 Å². The molecule has 0 saturated carbocycles. The van der Waals surface area contributed by atoms with Gasteiger partial charge in [0, 0.05) is 12.3 Å². The SMILES string of the molecule is CC(=O)c1ccc2c(Br)nsc2n1. The lowest BCUT2D eigenvalue weighted by atomic mass is 10.2. The van der Waals surface area contributed by atoms with Crippen molar-refractivity contribution in [3.05, 3.63) is 22.4 Å². The molecule has 0 aliphatic rings. The minimum absolute atomic E-state index is 0.0218. The molecule has 0 atom stereocenters. The molecule has 0 spiro atoms. The Morgan fingerprint density at radius 2 is 2.31 bits per heavy atom. The average Bonchev–Trinajstić information content (AvgIpc) is 2.47. The Hall–Kier alpha value is -0.810. The van der Waals surface area contributed by atoms with E-state index in [1.807, 2.05) is 6.07 Å². The van der Waals surface area contributed by atoms with Crippen LogP contribution < -0.4 is 0 Å². The molecule has 0 bridgehead atoms. The normalized spacial score (nSPS) is 10.6. The minimum Gasteiger partial charge on any atom is -0.293 e. The Morgan fingerprint density at radius 3 is 3.00 bits per heavy atom. The molecule has 0 N–H and O–H groups in total. The Morgan fingerprint density at radius 1 is 1.54 bits per heavy atom. The molecule has 0 aromatic carbocycles. The van der Waals surface area contributed by atoms with Gasteiger partial charge in [-0.3, -0.25) is 4.79 Å². The number of fused-ring (bicyclic) bond motifs is 1. The molecule has 2 rings (SSSR count). The molecule has 0 aliphatic heterocycles. The highest BCUT2D eigenvalue weighted by Gasteiger charge is 2.07. The number of aromatic nitrogens is 2. The van der Waals surface area contributed by atoms with Crippen LogP contribution in [0.4, 0.5) is 0 Å². The third-order valence-corrected chi connectivity index (χ3v) is 3.25. The summed E-state index contributed by atoms with van der Waals surface area (Å²) in [5, 5.41) is 0.954. The van der Waals surface area contributed by atoms with Crippen LogP contribution in [0.5, 0.6) is 0 Å². The van der Waals surface area contributed by atoms with Gasteiger partial charge in [0.15, 0.2) is 5.78 Å². The number of nitrogens with zero attached hydrogens (tertiary/aromatic N) is 2. The third kappa shape index (κ3) is 1.49. The van der Waals surface area contributed by atoms with Crippen molar-refractivity contribution in [2.24, 2.45) is 0 Å². The maximum Gasteiger partial charge on any atom is 0.178 e. The molecule has 66 valence electrons. The number of Topliss-reactive ketones (excluding diaryl/α,β-unsaturated/α-hetero) is 1. The van der Waals surface area contributed by atoms with Gasteiger partial charge in [0.05, 0.1) is 0 Å². The summed E-state index contributed by atoms with van der Waals surface area (Å²) in [7, 11) is 0. The summed E-state index contributed by atoms with van der Waals surface area (Å²) >= 11 is 4.59. The van der Waals surface area contributed by atoms with Crippen LogP contribution in [0.3, 0.4) is 0 Å². The van der Waals surface area contributed by atoms with Gasteiger partial charge in [-0.2, -0.15) is 4.37 Å². The number of hydrogen-bond donors (Lipinski definition) is 0. The lowest BCUT2D eigenvalue weighted by molar-refractivity contribution is 0.101. The first-order valence-electron chi connectivity index (χ1n) is 3.61. The van der Waals surface area contributed by atoms with E-state index in [1.165, 1.54) is 18.5 Å². The molecule has 5 heteroatoms. The number of carbonyl (C=O) groups is 1.